The van der Waals surface area contributed by atoms with Gasteiger partial charge in [-0.3, -0.25) is 14.1 Å². The van der Waals surface area contributed by atoms with Crippen molar-refractivity contribution >= 4 is 15.9 Å². The number of hydrogen-bond acceptors (Lipinski definition) is 4. The summed E-state index contributed by atoms with van der Waals surface area (Å²) < 4.78 is 62.3. The van der Waals surface area contributed by atoms with Gasteiger partial charge in [-0.1, -0.05) is 0 Å². The third kappa shape index (κ3) is 3.44. The molecule has 23 heavy (non-hydrogen) atoms. The Kier molecular flexibility index (Phi) is 4.09. The van der Waals surface area contributed by atoms with Crippen LogP contribution >= 0.6 is 0 Å². The van der Waals surface area contributed by atoms with Crippen LogP contribution < -0.4 is 0 Å². The molecule has 1 unspecified atom stereocenters. The zero-order valence-electron chi connectivity index (χ0n) is 13.0. The van der Waals surface area contributed by atoms with E-state index in [1.807, 2.05) is 0 Å². The van der Waals surface area contributed by atoms with Gasteiger partial charge in [0.05, 0.1) is 0 Å². The maximum absolute atomic E-state index is 13.9. The highest BCUT2D eigenvalue weighted by atomic mass is 32.2. The van der Waals surface area contributed by atoms with Gasteiger partial charge in [-0.2, -0.15) is 17.2 Å². The molecule has 0 radical (unpaired) electrons. The van der Waals surface area contributed by atoms with E-state index in [4.69, 9.17) is 4.55 Å². The molecular formula is C15H22F2O5S. The first-order valence-corrected chi connectivity index (χ1v) is 9.55. The third-order valence-corrected chi connectivity index (χ3v) is 6.69. The van der Waals surface area contributed by atoms with Crippen molar-refractivity contribution in [2.24, 2.45) is 23.2 Å². The summed E-state index contributed by atoms with van der Waals surface area (Å²) in [6, 6.07) is 0. The number of rotatable bonds is 6. The van der Waals surface area contributed by atoms with Gasteiger partial charge < -0.3 is 0 Å². The highest BCUT2D eigenvalue weighted by Gasteiger charge is 2.54. The van der Waals surface area contributed by atoms with Gasteiger partial charge >= 0.3 is 6.11 Å². The lowest BCUT2D eigenvalue weighted by molar-refractivity contribution is -0.237. The van der Waals surface area contributed by atoms with Gasteiger partial charge in [-0.25, -0.2) is 0 Å². The van der Waals surface area contributed by atoms with E-state index in [0.29, 0.717) is 17.8 Å². The van der Waals surface area contributed by atoms with E-state index in [9.17, 15) is 22.0 Å². The van der Waals surface area contributed by atoms with Crippen LogP contribution in [0.3, 0.4) is 0 Å². The Morgan fingerprint density at radius 2 is 1.65 bits per heavy atom. The molecule has 0 aromatic heterocycles. The van der Waals surface area contributed by atoms with Crippen LogP contribution in [-0.4, -0.2) is 30.3 Å². The summed E-state index contributed by atoms with van der Waals surface area (Å²) in [5, 5.41) is 0. The average Bonchev–Trinajstić information content (AvgIpc) is 2.34. The second-order valence-corrected chi connectivity index (χ2v) is 9.43. The highest BCUT2D eigenvalue weighted by Crippen LogP contribution is 2.61. The van der Waals surface area contributed by atoms with Crippen LogP contribution in [0.15, 0.2) is 0 Å². The molecule has 0 spiro atoms. The minimum atomic E-state index is -4.78. The van der Waals surface area contributed by atoms with Crippen molar-refractivity contribution < 1.29 is 31.3 Å². The molecule has 0 heterocycles. The van der Waals surface area contributed by atoms with Crippen LogP contribution in [0.5, 0.6) is 0 Å². The molecule has 5 nitrogen and oxygen atoms in total. The summed E-state index contributed by atoms with van der Waals surface area (Å²) in [5.41, 5.74) is -2.52. The van der Waals surface area contributed by atoms with Crippen molar-refractivity contribution in [3.8, 4) is 0 Å². The van der Waals surface area contributed by atoms with E-state index >= 15 is 0 Å². The molecule has 0 amide bonds. The molecule has 4 bridgehead atoms. The number of carbonyl (C=O) groups excluding carboxylic acids is 1. The van der Waals surface area contributed by atoms with Crippen molar-refractivity contribution in [1.29, 1.82) is 0 Å². The van der Waals surface area contributed by atoms with Crippen LogP contribution in [0.25, 0.3) is 0 Å². The molecule has 4 aliphatic carbocycles. The molecule has 0 aromatic rings. The topological polar surface area (TPSA) is 80.7 Å². The van der Waals surface area contributed by atoms with Crippen molar-refractivity contribution in [3.05, 3.63) is 0 Å². The minimum absolute atomic E-state index is 0.276. The molecule has 0 aromatic carbocycles. The number of carbonyl (C=O) groups is 1. The molecule has 4 fully saturated rings. The second kappa shape index (κ2) is 5.46. The summed E-state index contributed by atoms with van der Waals surface area (Å²) in [7, 11) is -4.78. The third-order valence-electron chi connectivity index (χ3n) is 5.76. The number of halogens is 2. The molecule has 0 aliphatic heterocycles. The first-order chi connectivity index (χ1) is 10.5. The SMILES string of the molecule is CC(OC(F)(F)C(=O)CC12CC3CC(CC(C3)C1)C2)S(=O)(=O)O. The van der Waals surface area contributed by atoms with Gasteiger partial charge in [0.25, 0.3) is 10.1 Å². The Balaban J connectivity index is 1.69. The van der Waals surface area contributed by atoms with E-state index in [1.165, 1.54) is 0 Å². The quantitative estimate of drug-likeness (QED) is 0.743. The minimum Gasteiger partial charge on any atom is -0.292 e. The average molecular weight is 352 g/mol. The fourth-order valence-electron chi connectivity index (χ4n) is 5.28. The van der Waals surface area contributed by atoms with Gasteiger partial charge in [0.1, 0.15) is 0 Å². The summed E-state index contributed by atoms with van der Waals surface area (Å²) in [4.78, 5) is 12.1. The lowest BCUT2D eigenvalue weighted by Gasteiger charge is -2.56. The molecular weight excluding hydrogens is 330 g/mol. The first kappa shape index (κ1) is 17.2. The first-order valence-electron chi connectivity index (χ1n) is 8.04. The molecule has 132 valence electrons. The van der Waals surface area contributed by atoms with Gasteiger partial charge in [0.2, 0.25) is 5.78 Å². The fourth-order valence-corrected chi connectivity index (χ4v) is 5.53. The summed E-state index contributed by atoms with van der Waals surface area (Å²) in [5.74, 6) is 0.205. The number of Topliss-reactive ketones (excluding diaryl/α,β-unsaturated/α-hetero) is 1. The monoisotopic (exact) mass is 352 g/mol. The standard InChI is InChI=1S/C15H22F2O5S/c1-9(23(19,20)21)22-15(16,17)13(18)8-14-5-10-2-11(6-14)4-12(3-10)7-14/h9-12H,2-8H2,1H3,(H,19,20,21). The number of ether oxygens (including phenoxy) is 1. The van der Waals surface area contributed by atoms with Crippen LogP contribution in [0.4, 0.5) is 8.78 Å². The van der Waals surface area contributed by atoms with E-state index in [0.717, 1.165) is 45.4 Å². The normalized spacial score (nSPS) is 37.8. The van der Waals surface area contributed by atoms with Crippen LogP contribution in [0.1, 0.15) is 51.9 Å². The van der Waals surface area contributed by atoms with Gasteiger partial charge in [-0.05, 0) is 68.6 Å². The maximum atomic E-state index is 13.9. The predicted molar refractivity (Wildman–Crippen MR) is 77.3 cm³/mol. The van der Waals surface area contributed by atoms with E-state index in [1.54, 1.807) is 0 Å². The number of hydrogen-bond donors (Lipinski definition) is 1. The van der Waals surface area contributed by atoms with E-state index < -0.39 is 27.4 Å². The lowest BCUT2D eigenvalue weighted by atomic mass is 9.48. The van der Waals surface area contributed by atoms with Gasteiger partial charge in [0, 0.05) is 6.42 Å². The molecule has 0 saturated heterocycles. The second-order valence-electron chi connectivity index (χ2n) is 7.73. The van der Waals surface area contributed by atoms with Crippen molar-refractivity contribution in [2.45, 2.75) is 63.4 Å². The fraction of sp³-hybridized carbons (Fsp3) is 0.933. The Hall–Kier alpha value is -0.600. The number of alkyl halides is 2. The number of ketones is 1. The largest absolute Gasteiger partial charge is 0.417 e. The predicted octanol–water partition coefficient (Wildman–Crippen LogP) is 3.01. The van der Waals surface area contributed by atoms with Crippen molar-refractivity contribution in [1.82, 2.24) is 0 Å². The zero-order chi connectivity index (χ0) is 17.0. The van der Waals surface area contributed by atoms with Crippen molar-refractivity contribution in [3.63, 3.8) is 0 Å². The Morgan fingerprint density at radius 1 is 1.22 bits per heavy atom. The Bertz CT molecular complexity index is 566. The van der Waals surface area contributed by atoms with Crippen LogP contribution in [0.2, 0.25) is 0 Å². The van der Waals surface area contributed by atoms with Gasteiger partial charge in [0.15, 0.2) is 5.44 Å². The summed E-state index contributed by atoms with van der Waals surface area (Å²) in [6.45, 7) is 0.779. The molecule has 4 aliphatic rings. The van der Waals surface area contributed by atoms with E-state index in [-0.39, 0.29) is 11.8 Å². The molecule has 1 atom stereocenters. The zero-order valence-corrected chi connectivity index (χ0v) is 13.8. The van der Waals surface area contributed by atoms with Gasteiger partial charge in [-0.15, -0.1) is 0 Å². The molecule has 8 heteroatoms. The lowest BCUT2D eigenvalue weighted by Crippen LogP contribution is -2.49. The highest BCUT2D eigenvalue weighted by molar-refractivity contribution is 7.86. The van der Waals surface area contributed by atoms with Crippen LogP contribution in [-0.2, 0) is 19.6 Å². The summed E-state index contributed by atoms with van der Waals surface area (Å²) in [6.07, 6.45) is 1.35. The van der Waals surface area contributed by atoms with Crippen LogP contribution in [0, 0.1) is 23.2 Å². The van der Waals surface area contributed by atoms with Crippen molar-refractivity contribution in [2.75, 3.05) is 0 Å². The van der Waals surface area contributed by atoms with E-state index in [2.05, 4.69) is 4.74 Å². The smallest absolute Gasteiger partial charge is 0.292 e. The maximum Gasteiger partial charge on any atom is 0.417 e. The molecule has 4 rings (SSSR count). The molecule has 1 N–H and O–H groups in total. The molecule has 4 saturated carbocycles. The Labute approximate surface area is 134 Å². The Morgan fingerprint density at radius 3 is 2.04 bits per heavy atom. The summed E-state index contributed by atoms with van der Waals surface area (Å²) >= 11 is 0.